The summed E-state index contributed by atoms with van der Waals surface area (Å²) in [7, 11) is 1.93. The molecule has 1 saturated heterocycles. The first-order valence-corrected chi connectivity index (χ1v) is 5.58. The molecule has 0 amide bonds. The van der Waals surface area contributed by atoms with E-state index in [1.165, 1.54) is 6.42 Å². The molecule has 4 heteroatoms. The zero-order valence-electron chi connectivity index (χ0n) is 9.40. The molecule has 0 aliphatic carbocycles. The average molecular weight is 209 g/mol. The number of aliphatic hydroxyl groups excluding tert-OH is 1. The van der Waals surface area contributed by atoms with E-state index in [2.05, 4.69) is 10.4 Å². The van der Waals surface area contributed by atoms with E-state index >= 15 is 0 Å². The van der Waals surface area contributed by atoms with Crippen LogP contribution in [0.4, 0.5) is 0 Å². The monoisotopic (exact) mass is 209 g/mol. The number of nitrogens with one attached hydrogen (secondary N) is 1. The molecule has 15 heavy (non-hydrogen) atoms. The van der Waals surface area contributed by atoms with Crippen LogP contribution in [0, 0.1) is 6.92 Å². The summed E-state index contributed by atoms with van der Waals surface area (Å²) in [6, 6.07) is 2.30. The number of aryl methyl sites for hydroxylation is 2. The number of hydrogen-bond donors (Lipinski definition) is 2. The van der Waals surface area contributed by atoms with Gasteiger partial charge in [-0.1, -0.05) is 0 Å². The maximum Gasteiger partial charge on any atom is 0.0748 e. The smallest absolute Gasteiger partial charge is 0.0748 e. The Hall–Kier alpha value is -0.870. The molecule has 0 spiro atoms. The summed E-state index contributed by atoms with van der Waals surface area (Å²) >= 11 is 0. The Morgan fingerprint density at radius 3 is 3.07 bits per heavy atom. The Kier molecular flexibility index (Phi) is 3.07. The summed E-state index contributed by atoms with van der Waals surface area (Å²) in [6.07, 6.45) is 2.65. The lowest BCUT2D eigenvalue weighted by Crippen LogP contribution is -2.36. The van der Waals surface area contributed by atoms with E-state index in [-0.39, 0.29) is 12.1 Å². The van der Waals surface area contributed by atoms with Crippen molar-refractivity contribution < 1.29 is 5.11 Å². The van der Waals surface area contributed by atoms with Gasteiger partial charge in [0.25, 0.3) is 0 Å². The maximum absolute atomic E-state index is 10.0. The molecule has 0 bridgehead atoms. The molecule has 1 fully saturated rings. The Morgan fingerprint density at radius 1 is 1.73 bits per heavy atom. The Bertz CT molecular complexity index is 329. The van der Waals surface area contributed by atoms with Crippen molar-refractivity contribution in [2.75, 3.05) is 6.54 Å². The zero-order valence-corrected chi connectivity index (χ0v) is 9.40. The quantitative estimate of drug-likeness (QED) is 0.757. The standard InChI is InChI=1S/C11H19N3O/c1-8-6-9(14(2)13-8)7-11(15)10-4-3-5-12-10/h6,10-12,15H,3-5,7H2,1-2H3. The van der Waals surface area contributed by atoms with Crippen molar-refractivity contribution in [1.29, 1.82) is 0 Å². The van der Waals surface area contributed by atoms with Crippen molar-refractivity contribution in [2.45, 2.75) is 38.3 Å². The predicted octanol–water partition coefficient (Wildman–Crippen LogP) is 0.384. The largest absolute Gasteiger partial charge is 0.391 e. The molecule has 0 radical (unpaired) electrons. The van der Waals surface area contributed by atoms with Crippen molar-refractivity contribution in [3.8, 4) is 0 Å². The van der Waals surface area contributed by atoms with Crippen molar-refractivity contribution in [1.82, 2.24) is 15.1 Å². The minimum absolute atomic E-state index is 0.264. The van der Waals surface area contributed by atoms with Crippen molar-refractivity contribution >= 4 is 0 Å². The third kappa shape index (κ3) is 2.38. The molecule has 1 aromatic heterocycles. The number of aromatic nitrogens is 2. The highest BCUT2D eigenvalue weighted by molar-refractivity contribution is 5.10. The van der Waals surface area contributed by atoms with E-state index in [0.717, 1.165) is 24.4 Å². The van der Waals surface area contributed by atoms with Gasteiger partial charge in [-0.05, 0) is 32.4 Å². The molecule has 0 aromatic carbocycles. The van der Waals surface area contributed by atoms with E-state index in [9.17, 15) is 5.11 Å². The van der Waals surface area contributed by atoms with Gasteiger partial charge in [0.15, 0.2) is 0 Å². The molecule has 1 aliphatic heterocycles. The van der Waals surface area contributed by atoms with Gasteiger partial charge in [-0.2, -0.15) is 5.10 Å². The normalized spacial score (nSPS) is 23.3. The molecule has 2 rings (SSSR count). The van der Waals surface area contributed by atoms with Gasteiger partial charge in [0.1, 0.15) is 0 Å². The highest BCUT2D eigenvalue weighted by Gasteiger charge is 2.23. The molecular formula is C11H19N3O. The Labute approximate surface area is 90.3 Å². The molecule has 0 saturated carbocycles. The van der Waals surface area contributed by atoms with Crippen LogP contribution >= 0.6 is 0 Å². The summed E-state index contributed by atoms with van der Waals surface area (Å²) in [5, 5.41) is 17.6. The lowest BCUT2D eigenvalue weighted by atomic mass is 10.0. The van der Waals surface area contributed by atoms with Crippen LogP contribution in [-0.2, 0) is 13.5 Å². The van der Waals surface area contributed by atoms with E-state index < -0.39 is 0 Å². The molecule has 2 atom stereocenters. The zero-order chi connectivity index (χ0) is 10.8. The number of hydrogen-bond acceptors (Lipinski definition) is 3. The van der Waals surface area contributed by atoms with Crippen LogP contribution in [0.3, 0.4) is 0 Å². The van der Waals surface area contributed by atoms with Gasteiger partial charge < -0.3 is 10.4 Å². The van der Waals surface area contributed by atoms with Crippen molar-refractivity contribution in [3.63, 3.8) is 0 Å². The SMILES string of the molecule is Cc1cc(CC(O)C2CCCN2)n(C)n1. The molecule has 4 nitrogen and oxygen atoms in total. The average Bonchev–Trinajstić information content (AvgIpc) is 2.76. The molecular weight excluding hydrogens is 190 g/mol. The van der Waals surface area contributed by atoms with Gasteiger partial charge in [0.05, 0.1) is 11.8 Å². The number of nitrogens with zero attached hydrogens (tertiary/aromatic N) is 2. The van der Waals surface area contributed by atoms with E-state index in [4.69, 9.17) is 0 Å². The first-order valence-electron chi connectivity index (χ1n) is 5.58. The van der Waals surface area contributed by atoms with Crippen molar-refractivity contribution in [3.05, 3.63) is 17.5 Å². The third-order valence-electron chi connectivity index (χ3n) is 3.08. The maximum atomic E-state index is 10.0. The van der Waals surface area contributed by atoms with Gasteiger partial charge in [-0.15, -0.1) is 0 Å². The lowest BCUT2D eigenvalue weighted by molar-refractivity contribution is 0.134. The molecule has 2 N–H and O–H groups in total. The number of aliphatic hydroxyl groups is 1. The van der Waals surface area contributed by atoms with Gasteiger partial charge in [-0.3, -0.25) is 4.68 Å². The third-order valence-corrected chi connectivity index (χ3v) is 3.08. The van der Waals surface area contributed by atoms with Gasteiger partial charge in [0, 0.05) is 25.2 Å². The van der Waals surface area contributed by atoms with Crippen molar-refractivity contribution in [2.24, 2.45) is 7.05 Å². The fourth-order valence-corrected chi connectivity index (χ4v) is 2.25. The van der Waals surface area contributed by atoms with E-state index in [1.807, 2.05) is 24.7 Å². The summed E-state index contributed by atoms with van der Waals surface area (Å²) in [4.78, 5) is 0. The number of rotatable bonds is 3. The first-order chi connectivity index (χ1) is 7.16. The second kappa shape index (κ2) is 4.33. The first kappa shape index (κ1) is 10.6. The fourth-order valence-electron chi connectivity index (χ4n) is 2.25. The van der Waals surface area contributed by atoms with Crippen LogP contribution in [0.1, 0.15) is 24.2 Å². The molecule has 84 valence electrons. The van der Waals surface area contributed by atoms with Crippen LogP contribution in [0.15, 0.2) is 6.07 Å². The van der Waals surface area contributed by atoms with Crippen LogP contribution in [-0.4, -0.2) is 33.6 Å². The van der Waals surface area contributed by atoms with Crippen LogP contribution < -0.4 is 5.32 Å². The highest BCUT2D eigenvalue weighted by atomic mass is 16.3. The summed E-state index contributed by atoms with van der Waals surface area (Å²) in [5.41, 5.74) is 2.12. The van der Waals surface area contributed by atoms with Crippen LogP contribution in [0.2, 0.25) is 0 Å². The highest BCUT2D eigenvalue weighted by Crippen LogP contribution is 2.14. The molecule has 1 aliphatic rings. The molecule has 2 heterocycles. The van der Waals surface area contributed by atoms with Crippen LogP contribution in [0.25, 0.3) is 0 Å². The fraction of sp³-hybridized carbons (Fsp3) is 0.727. The second-order valence-corrected chi connectivity index (χ2v) is 4.37. The summed E-state index contributed by atoms with van der Waals surface area (Å²) in [6.45, 7) is 3.01. The predicted molar refractivity (Wildman–Crippen MR) is 58.7 cm³/mol. The van der Waals surface area contributed by atoms with E-state index in [0.29, 0.717) is 6.42 Å². The lowest BCUT2D eigenvalue weighted by Gasteiger charge is -2.17. The Balaban J connectivity index is 1.98. The topological polar surface area (TPSA) is 50.1 Å². The minimum Gasteiger partial charge on any atom is -0.391 e. The summed E-state index contributed by atoms with van der Waals surface area (Å²) in [5.74, 6) is 0. The minimum atomic E-state index is -0.290. The second-order valence-electron chi connectivity index (χ2n) is 4.37. The van der Waals surface area contributed by atoms with Crippen LogP contribution in [0.5, 0.6) is 0 Å². The van der Waals surface area contributed by atoms with Gasteiger partial charge >= 0.3 is 0 Å². The Morgan fingerprint density at radius 2 is 2.53 bits per heavy atom. The molecule has 2 unspecified atom stereocenters. The van der Waals surface area contributed by atoms with Gasteiger partial charge in [0.2, 0.25) is 0 Å². The van der Waals surface area contributed by atoms with Gasteiger partial charge in [-0.25, -0.2) is 0 Å². The summed E-state index contributed by atoms with van der Waals surface area (Å²) < 4.78 is 1.85. The van der Waals surface area contributed by atoms with E-state index in [1.54, 1.807) is 0 Å². The molecule has 1 aromatic rings.